The van der Waals surface area contributed by atoms with E-state index in [2.05, 4.69) is 21.2 Å². The van der Waals surface area contributed by atoms with Crippen LogP contribution in [-0.2, 0) is 0 Å². The molecule has 0 bridgehead atoms. The number of hydrogen-bond acceptors (Lipinski definition) is 3. The number of nitrogens with one attached hydrogen (secondary N) is 3. The lowest BCUT2D eigenvalue weighted by Crippen LogP contribution is -2.28. The Morgan fingerprint density at radius 3 is 2.82 bits per heavy atom. The minimum absolute atomic E-state index is 0.303. The average molecular weight is 292 g/mol. The van der Waals surface area contributed by atoms with Crippen molar-refractivity contribution in [2.45, 2.75) is 6.92 Å². The molecule has 0 atom stereocenters. The molecule has 1 aliphatic heterocycles. The first-order valence-electron chi connectivity index (χ1n) is 6.95. The van der Waals surface area contributed by atoms with Crippen molar-refractivity contribution in [2.24, 2.45) is 5.10 Å². The molecule has 2 amide bonds. The summed E-state index contributed by atoms with van der Waals surface area (Å²) in [6, 6.07) is 15.1. The smallest absolute Gasteiger partial charge is 0.308 e. The van der Waals surface area contributed by atoms with Gasteiger partial charge in [0.25, 0.3) is 0 Å². The number of anilines is 2. The highest BCUT2D eigenvalue weighted by Gasteiger charge is 2.07. The molecule has 3 N–H and O–H groups in total. The number of hydrogen-bond donors (Lipinski definition) is 3. The fourth-order valence-corrected chi connectivity index (χ4v) is 2.19. The van der Waals surface area contributed by atoms with Crippen LogP contribution in [0.5, 0.6) is 0 Å². The molecule has 0 radical (unpaired) electrons. The van der Waals surface area contributed by atoms with Gasteiger partial charge in [0.1, 0.15) is 0 Å². The Hall–Kier alpha value is -3.08. The SMILES string of the molecule is Cc1cccc(NC(=O)NC2=Cc3ccccc3NN=C2)c1. The number of nitrogens with zero attached hydrogens (tertiary/aromatic N) is 1. The predicted molar refractivity (Wildman–Crippen MR) is 89.9 cm³/mol. The van der Waals surface area contributed by atoms with Crippen LogP contribution in [0, 0.1) is 6.92 Å². The second-order valence-electron chi connectivity index (χ2n) is 5.01. The maximum absolute atomic E-state index is 12.1. The van der Waals surface area contributed by atoms with Gasteiger partial charge in [0.15, 0.2) is 0 Å². The number of urea groups is 1. The summed E-state index contributed by atoms with van der Waals surface area (Å²) < 4.78 is 0. The van der Waals surface area contributed by atoms with E-state index in [0.717, 1.165) is 22.5 Å². The highest BCUT2D eigenvalue weighted by Crippen LogP contribution is 2.19. The van der Waals surface area contributed by atoms with Crippen LogP contribution in [-0.4, -0.2) is 12.2 Å². The second kappa shape index (κ2) is 6.13. The van der Waals surface area contributed by atoms with E-state index in [1.807, 2.05) is 61.5 Å². The van der Waals surface area contributed by atoms with Crippen molar-refractivity contribution in [1.82, 2.24) is 5.32 Å². The van der Waals surface area contributed by atoms with Crippen LogP contribution in [0.15, 0.2) is 59.3 Å². The summed E-state index contributed by atoms with van der Waals surface area (Å²) in [5.41, 5.74) is 7.25. The molecular weight excluding hydrogens is 276 g/mol. The van der Waals surface area contributed by atoms with Gasteiger partial charge in [0, 0.05) is 11.3 Å². The highest BCUT2D eigenvalue weighted by atomic mass is 16.2. The van der Waals surface area contributed by atoms with E-state index >= 15 is 0 Å². The summed E-state index contributed by atoms with van der Waals surface area (Å²) in [7, 11) is 0. The first-order chi connectivity index (χ1) is 10.7. The number of carbonyl (C=O) groups is 1. The molecule has 0 fully saturated rings. The van der Waals surface area contributed by atoms with Crippen LogP contribution in [0.2, 0.25) is 0 Å². The van der Waals surface area contributed by atoms with Crippen molar-refractivity contribution >= 4 is 29.7 Å². The van der Waals surface area contributed by atoms with Gasteiger partial charge in [0.05, 0.1) is 17.6 Å². The molecule has 3 rings (SSSR count). The molecule has 0 aliphatic carbocycles. The van der Waals surface area contributed by atoms with Crippen LogP contribution >= 0.6 is 0 Å². The standard InChI is InChI=1S/C17H16N4O/c1-12-5-4-7-14(9-12)19-17(22)20-15-10-13-6-2-3-8-16(13)21-18-11-15/h2-11,21H,1H3,(H2,19,20,22). The van der Waals surface area contributed by atoms with Crippen LogP contribution in [0.1, 0.15) is 11.1 Å². The monoisotopic (exact) mass is 292 g/mol. The van der Waals surface area contributed by atoms with Gasteiger partial charge in [-0.25, -0.2) is 4.79 Å². The Morgan fingerprint density at radius 1 is 1.09 bits per heavy atom. The number of para-hydroxylation sites is 1. The average Bonchev–Trinajstić information content (AvgIpc) is 2.68. The molecule has 0 saturated carbocycles. The van der Waals surface area contributed by atoms with E-state index in [1.54, 1.807) is 6.21 Å². The minimum Gasteiger partial charge on any atom is -0.308 e. The third-order valence-corrected chi connectivity index (χ3v) is 3.19. The van der Waals surface area contributed by atoms with Crippen LogP contribution in [0.25, 0.3) is 6.08 Å². The lowest BCUT2D eigenvalue weighted by atomic mass is 10.1. The normalized spacial score (nSPS) is 12.5. The van der Waals surface area contributed by atoms with E-state index in [-0.39, 0.29) is 6.03 Å². The topological polar surface area (TPSA) is 65.5 Å². The molecule has 5 heteroatoms. The Kier molecular flexibility index (Phi) is 3.87. The van der Waals surface area contributed by atoms with Gasteiger partial charge in [-0.2, -0.15) is 5.10 Å². The third kappa shape index (κ3) is 3.32. The number of aryl methyl sites for hydroxylation is 1. The lowest BCUT2D eigenvalue weighted by molar-refractivity contribution is 0.255. The second-order valence-corrected chi connectivity index (χ2v) is 5.01. The molecule has 0 unspecified atom stereocenters. The maximum atomic E-state index is 12.1. The van der Waals surface area contributed by atoms with E-state index in [1.165, 1.54) is 0 Å². The van der Waals surface area contributed by atoms with Crippen LogP contribution in [0.3, 0.4) is 0 Å². The Balaban J connectivity index is 1.73. The van der Waals surface area contributed by atoms with Gasteiger partial charge in [0.2, 0.25) is 0 Å². The van der Waals surface area contributed by atoms with E-state index in [0.29, 0.717) is 5.70 Å². The fraction of sp³-hybridized carbons (Fsp3) is 0.0588. The Labute approximate surface area is 128 Å². The first-order valence-corrected chi connectivity index (χ1v) is 6.95. The number of benzene rings is 2. The van der Waals surface area contributed by atoms with Crippen molar-refractivity contribution in [3.63, 3.8) is 0 Å². The van der Waals surface area contributed by atoms with Crippen molar-refractivity contribution < 1.29 is 4.79 Å². The molecule has 2 aromatic rings. The molecule has 22 heavy (non-hydrogen) atoms. The summed E-state index contributed by atoms with van der Waals surface area (Å²) in [6.07, 6.45) is 3.45. The van der Waals surface area contributed by atoms with Gasteiger partial charge in [-0.05, 0) is 36.8 Å². The molecule has 1 aliphatic rings. The lowest BCUT2D eigenvalue weighted by Gasteiger charge is -2.08. The molecule has 0 saturated heterocycles. The number of hydrazone groups is 1. The largest absolute Gasteiger partial charge is 0.323 e. The molecule has 1 heterocycles. The van der Waals surface area contributed by atoms with Crippen molar-refractivity contribution in [2.75, 3.05) is 10.7 Å². The van der Waals surface area contributed by atoms with E-state index in [4.69, 9.17) is 0 Å². The number of rotatable bonds is 2. The predicted octanol–water partition coefficient (Wildman–Crippen LogP) is 3.57. The van der Waals surface area contributed by atoms with Gasteiger partial charge < -0.3 is 10.6 Å². The Morgan fingerprint density at radius 2 is 1.95 bits per heavy atom. The Bertz CT molecular complexity index is 765. The maximum Gasteiger partial charge on any atom is 0.323 e. The number of fused-ring (bicyclic) bond motifs is 1. The van der Waals surface area contributed by atoms with Gasteiger partial charge in [-0.3, -0.25) is 5.43 Å². The molecule has 0 spiro atoms. The van der Waals surface area contributed by atoms with Gasteiger partial charge in [-0.15, -0.1) is 0 Å². The van der Waals surface area contributed by atoms with Crippen LogP contribution < -0.4 is 16.1 Å². The summed E-state index contributed by atoms with van der Waals surface area (Å²) in [5.74, 6) is 0. The molecule has 0 aromatic heterocycles. The zero-order valence-corrected chi connectivity index (χ0v) is 12.1. The van der Waals surface area contributed by atoms with Crippen LogP contribution in [0.4, 0.5) is 16.2 Å². The number of allylic oxidation sites excluding steroid dienone is 1. The van der Waals surface area contributed by atoms with Crippen molar-refractivity contribution in [3.8, 4) is 0 Å². The van der Waals surface area contributed by atoms with Crippen molar-refractivity contribution in [3.05, 3.63) is 65.4 Å². The molecule has 2 aromatic carbocycles. The summed E-state index contributed by atoms with van der Waals surface area (Å²) in [5, 5.41) is 9.67. The minimum atomic E-state index is -0.303. The summed E-state index contributed by atoms with van der Waals surface area (Å²) in [6.45, 7) is 1.98. The zero-order valence-electron chi connectivity index (χ0n) is 12.1. The summed E-state index contributed by atoms with van der Waals surface area (Å²) >= 11 is 0. The zero-order chi connectivity index (χ0) is 15.4. The van der Waals surface area contributed by atoms with Crippen molar-refractivity contribution in [1.29, 1.82) is 0 Å². The van der Waals surface area contributed by atoms with Gasteiger partial charge in [-0.1, -0.05) is 30.3 Å². The van der Waals surface area contributed by atoms with E-state index < -0.39 is 0 Å². The quantitative estimate of drug-likeness (QED) is 0.792. The van der Waals surface area contributed by atoms with Gasteiger partial charge >= 0.3 is 6.03 Å². The third-order valence-electron chi connectivity index (χ3n) is 3.19. The molecule has 110 valence electrons. The highest BCUT2D eigenvalue weighted by molar-refractivity contribution is 5.98. The fourth-order valence-electron chi connectivity index (χ4n) is 2.19. The van der Waals surface area contributed by atoms with E-state index in [9.17, 15) is 4.79 Å². The number of amides is 2. The molecular formula is C17H16N4O. The molecule has 5 nitrogen and oxygen atoms in total. The number of carbonyl (C=O) groups excluding carboxylic acids is 1. The first kappa shape index (κ1) is 13.9. The summed E-state index contributed by atoms with van der Waals surface area (Å²) in [4.78, 5) is 12.1.